The average molecular weight is 279 g/mol. The molecule has 20 heavy (non-hydrogen) atoms. The molecule has 0 saturated carbocycles. The molecule has 0 aromatic heterocycles. The van der Waals surface area contributed by atoms with Crippen LogP contribution in [-0.2, 0) is 11.2 Å². The first kappa shape index (κ1) is 15.1. The van der Waals surface area contributed by atoms with E-state index in [0.29, 0.717) is 5.92 Å². The summed E-state index contributed by atoms with van der Waals surface area (Å²) in [7, 11) is 1.67. The highest BCUT2D eigenvalue weighted by Crippen LogP contribution is 2.32. The summed E-state index contributed by atoms with van der Waals surface area (Å²) in [5.41, 5.74) is 7.03. The zero-order chi connectivity index (χ0) is 14.4. The molecule has 1 fully saturated rings. The van der Waals surface area contributed by atoms with Crippen LogP contribution in [0.2, 0.25) is 0 Å². The summed E-state index contributed by atoms with van der Waals surface area (Å²) in [6, 6.07) is 6.08. The predicted octanol–water partition coefficient (Wildman–Crippen LogP) is 2.39. The Morgan fingerprint density at radius 3 is 2.75 bits per heavy atom. The summed E-state index contributed by atoms with van der Waals surface area (Å²) in [5, 5.41) is 0. The van der Waals surface area contributed by atoms with Gasteiger partial charge >= 0.3 is 0 Å². The molecule has 1 heterocycles. The molecule has 112 valence electrons. The highest BCUT2D eigenvalue weighted by Gasteiger charge is 2.17. The average Bonchev–Trinajstić information content (AvgIpc) is 2.46. The van der Waals surface area contributed by atoms with Crippen LogP contribution in [0.5, 0.6) is 11.5 Å². The zero-order valence-electron chi connectivity index (χ0n) is 12.4. The van der Waals surface area contributed by atoms with Crippen molar-refractivity contribution in [1.29, 1.82) is 0 Å². The van der Waals surface area contributed by atoms with Gasteiger partial charge in [-0.1, -0.05) is 12.1 Å². The summed E-state index contributed by atoms with van der Waals surface area (Å²) in [6.07, 6.45) is 2.93. The fourth-order valence-electron chi connectivity index (χ4n) is 2.51. The molecule has 1 aliphatic rings. The van der Waals surface area contributed by atoms with Gasteiger partial charge in [0.1, 0.15) is 0 Å². The van der Waals surface area contributed by atoms with E-state index in [1.165, 1.54) is 0 Å². The molecule has 1 aliphatic heterocycles. The van der Waals surface area contributed by atoms with Gasteiger partial charge in [-0.3, -0.25) is 0 Å². The minimum atomic E-state index is 0.104. The lowest BCUT2D eigenvalue weighted by atomic mass is 10.0. The van der Waals surface area contributed by atoms with E-state index in [1.54, 1.807) is 7.11 Å². The van der Waals surface area contributed by atoms with E-state index >= 15 is 0 Å². The van der Waals surface area contributed by atoms with Crippen molar-refractivity contribution in [1.82, 2.24) is 0 Å². The number of nitrogens with two attached hydrogens (primary N) is 1. The highest BCUT2D eigenvalue weighted by molar-refractivity contribution is 5.47. The number of hydrogen-bond acceptors (Lipinski definition) is 4. The smallest absolute Gasteiger partial charge is 0.164 e. The third-order valence-corrected chi connectivity index (χ3v) is 3.63. The Kier molecular flexibility index (Phi) is 5.68. The Balaban J connectivity index is 2.06. The molecular weight excluding hydrogens is 254 g/mol. The molecule has 2 rings (SSSR count). The molecule has 0 radical (unpaired) electrons. The van der Waals surface area contributed by atoms with Crippen LogP contribution >= 0.6 is 0 Å². The van der Waals surface area contributed by atoms with Crippen molar-refractivity contribution < 1.29 is 14.2 Å². The molecule has 1 atom stereocenters. The van der Waals surface area contributed by atoms with E-state index < -0.39 is 0 Å². The number of para-hydroxylation sites is 1. The van der Waals surface area contributed by atoms with Crippen molar-refractivity contribution >= 4 is 0 Å². The van der Waals surface area contributed by atoms with Crippen molar-refractivity contribution in [3.8, 4) is 11.5 Å². The van der Waals surface area contributed by atoms with Gasteiger partial charge in [-0.2, -0.15) is 0 Å². The standard InChI is InChI=1S/C16H25NO3/c1-12(17)10-14-4-3-5-15(18-2)16(14)20-11-13-6-8-19-9-7-13/h3-5,12-13H,6-11,17H2,1-2H3. The maximum absolute atomic E-state index is 6.06. The van der Waals surface area contributed by atoms with E-state index in [-0.39, 0.29) is 6.04 Å². The Labute approximate surface area is 121 Å². The lowest BCUT2D eigenvalue weighted by Gasteiger charge is -2.23. The van der Waals surface area contributed by atoms with E-state index in [4.69, 9.17) is 19.9 Å². The van der Waals surface area contributed by atoms with Crippen LogP contribution in [0.1, 0.15) is 25.3 Å². The molecule has 2 N–H and O–H groups in total. The Morgan fingerprint density at radius 1 is 1.35 bits per heavy atom. The largest absolute Gasteiger partial charge is 0.493 e. The summed E-state index contributed by atoms with van der Waals surface area (Å²) in [5.74, 6) is 2.20. The maximum Gasteiger partial charge on any atom is 0.164 e. The molecule has 0 spiro atoms. The normalized spacial score (nSPS) is 17.8. The SMILES string of the molecule is COc1cccc(CC(C)N)c1OCC1CCOCC1. The molecule has 1 saturated heterocycles. The third kappa shape index (κ3) is 4.12. The monoisotopic (exact) mass is 279 g/mol. The molecule has 0 bridgehead atoms. The van der Waals surface area contributed by atoms with E-state index in [9.17, 15) is 0 Å². The molecule has 0 amide bonds. The summed E-state index contributed by atoms with van der Waals surface area (Å²) < 4.78 is 16.9. The molecule has 4 heteroatoms. The Bertz CT molecular complexity index is 414. The first-order valence-electron chi connectivity index (χ1n) is 7.32. The van der Waals surface area contributed by atoms with Gasteiger partial charge in [-0.25, -0.2) is 0 Å². The minimum absolute atomic E-state index is 0.104. The maximum atomic E-state index is 6.06. The Hall–Kier alpha value is -1.26. The lowest BCUT2D eigenvalue weighted by Crippen LogP contribution is -2.22. The van der Waals surface area contributed by atoms with Gasteiger partial charge in [0, 0.05) is 19.3 Å². The fourth-order valence-corrected chi connectivity index (χ4v) is 2.51. The van der Waals surface area contributed by atoms with Crippen molar-refractivity contribution in [2.45, 2.75) is 32.2 Å². The van der Waals surface area contributed by atoms with E-state index in [2.05, 4.69) is 6.07 Å². The number of ether oxygens (including phenoxy) is 3. The second kappa shape index (κ2) is 7.50. The molecule has 4 nitrogen and oxygen atoms in total. The van der Waals surface area contributed by atoms with Crippen LogP contribution < -0.4 is 15.2 Å². The van der Waals surface area contributed by atoms with Crippen molar-refractivity contribution in [2.75, 3.05) is 26.9 Å². The molecule has 0 aliphatic carbocycles. The summed E-state index contributed by atoms with van der Waals surface area (Å²) in [4.78, 5) is 0. The third-order valence-electron chi connectivity index (χ3n) is 3.63. The van der Waals surface area contributed by atoms with Crippen LogP contribution in [0.4, 0.5) is 0 Å². The van der Waals surface area contributed by atoms with Gasteiger partial charge in [0.2, 0.25) is 0 Å². The van der Waals surface area contributed by atoms with Gasteiger partial charge in [0.25, 0.3) is 0 Å². The lowest BCUT2D eigenvalue weighted by molar-refractivity contribution is 0.0492. The van der Waals surface area contributed by atoms with Crippen molar-refractivity contribution in [3.63, 3.8) is 0 Å². The summed E-state index contributed by atoms with van der Waals surface area (Å²) >= 11 is 0. The van der Waals surface area contributed by atoms with Crippen LogP contribution in [0, 0.1) is 5.92 Å². The molecule has 1 unspecified atom stereocenters. The van der Waals surface area contributed by atoms with Gasteiger partial charge < -0.3 is 19.9 Å². The first-order chi connectivity index (χ1) is 9.70. The second-order valence-corrected chi connectivity index (χ2v) is 5.50. The predicted molar refractivity (Wildman–Crippen MR) is 79.4 cm³/mol. The van der Waals surface area contributed by atoms with E-state index in [1.807, 2.05) is 19.1 Å². The number of rotatable bonds is 6. The number of hydrogen-bond donors (Lipinski definition) is 1. The molecule has 1 aromatic carbocycles. The number of methoxy groups -OCH3 is 1. The highest BCUT2D eigenvalue weighted by atomic mass is 16.5. The van der Waals surface area contributed by atoms with Crippen LogP contribution in [0.25, 0.3) is 0 Å². The van der Waals surface area contributed by atoms with E-state index in [0.717, 1.165) is 56.1 Å². The van der Waals surface area contributed by atoms with Crippen molar-refractivity contribution in [3.05, 3.63) is 23.8 Å². The quantitative estimate of drug-likeness (QED) is 0.868. The van der Waals surface area contributed by atoms with Gasteiger partial charge in [0.15, 0.2) is 11.5 Å². The topological polar surface area (TPSA) is 53.7 Å². The van der Waals surface area contributed by atoms with Gasteiger partial charge in [-0.05, 0) is 43.7 Å². The second-order valence-electron chi connectivity index (χ2n) is 5.50. The van der Waals surface area contributed by atoms with Crippen LogP contribution in [-0.4, -0.2) is 33.0 Å². The first-order valence-corrected chi connectivity index (χ1v) is 7.32. The minimum Gasteiger partial charge on any atom is -0.493 e. The Morgan fingerprint density at radius 2 is 2.10 bits per heavy atom. The molecular formula is C16H25NO3. The van der Waals surface area contributed by atoms with Crippen molar-refractivity contribution in [2.24, 2.45) is 11.7 Å². The zero-order valence-corrected chi connectivity index (χ0v) is 12.4. The number of benzene rings is 1. The molecule has 1 aromatic rings. The fraction of sp³-hybridized carbons (Fsp3) is 0.625. The van der Waals surface area contributed by atoms with Crippen LogP contribution in [0.15, 0.2) is 18.2 Å². The van der Waals surface area contributed by atoms with Gasteiger partial charge in [0.05, 0.1) is 13.7 Å². The van der Waals surface area contributed by atoms with Gasteiger partial charge in [-0.15, -0.1) is 0 Å². The summed E-state index contributed by atoms with van der Waals surface area (Å²) in [6.45, 7) is 4.40. The van der Waals surface area contributed by atoms with Crippen LogP contribution in [0.3, 0.4) is 0 Å².